The average molecular weight is 229 g/mol. The van der Waals surface area contributed by atoms with Gasteiger partial charge in [-0.05, 0) is 18.6 Å². The largest absolute Gasteiger partial charge is 0.459 e. The van der Waals surface area contributed by atoms with E-state index in [-0.39, 0.29) is 29.2 Å². The van der Waals surface area contributed by atoms with E-state index in [1.54, 1.807) is 12.1 Å². The molecule has 1 aromatic heterocycles. The van der Waals surface area contributed by atoms with E-state index in [0.29, 0.717) is 6.42 Å². The monoisotopic (exact) mass is 229 g/mol. The van der Waals surface area contributed by atoms with E-state index in [2.05, 4.69) is 5.32 Å². The zero-order valence-corrected chi connectivity index (χ0v) is 8.79. The normalized spacial score (nSPS) is 23.9. The average Bonchev–Trinajstić information content (AvgIpc) is 2.74. The second-order valence-electron chi connectivity index (χ2n) is 3.55. The van der Waals surface area contributed by atoms with Crippen molar-refractivity contribution in [2.24, 2.45) is 0 Å². The van der Waals surface area contributed by atoms with Gasteiger partial charge in [-0.2, -0.15) is 0 Å². The molecule has 1 atom stereocenters. The van der Waals surface area contributed by atoms with Gasteiger partial charge in [0.25, 0.3) is 5.91 Å². The van der Waals surface area contributed by atoms with Gasteiger partial charge in [0.2, 0.25) is 0 Å². The van der Waals surface area contributed by atoms with Gasteiger partial charge in [-0.25, -0.2) is 8.42 Å². The van der Waals surface area contributed by atoms with Crippen molar-refractivity contribution in [3.8, 4) is 0 Å². The number of nitrogens with one attached hydrogen (secondary N) is 1. The third-order valence-electron chi connectivity index (χ3n) is 2.31. The minimum atomic E-state index is -2.96. The molecule has 5 nitrogen and oxygen atoms in total. The standard InChI is InChI=1S/C9H11NO4S/c11-9(8-2-1-4-14-8)10-7-3-5-15(12,13)6-7/h1-2,4,7H,3,5-6H2,(H,10,11). The second kappa shape index (κ2) is 3.69. The summed E-state index contributed by atoms with van der Waals surface area (Å²) in [4.78, 5) is 11.5. The van der Waals surface area contributed by atoms with Crippen LogP contribution in [0.25, 0.3) is 0 Å². The third-order valence-corrected chi connectivity index (χ3v) is 4.08. The van der Waals surface area contributed by atoms with Crippen molar-refractivity contribution in [1.82, 2.24) is 5.32 Å². The minimum Gasteiger partial charge on any atom is -0.459 e. The van der Waals surface area contributed by atoms with Gasteiger partial charge in [0.1, 0.15) is 0 Å². The van der Waals surface area contributed by atoms with Gasteiger partial charge in [-0.15, -0.1) is 0 Å². The quantitative estimate of drug-likeness (QED) is 0.785. The van der Waals surface area contributed by atoms with Gasteiger partial charge in [0.05, 0.1) is 17.8 Å². The Labute approximate surface area is 87.4 Å². The van der Waals surface area contributed by atoms with Crippen LogP contribution in [0.1, 0.15) is 17.0 Å². The first-order valence-corrected chi connectivity index (χ1v) is 6.44. The maximum absolute atomic E-state index is 11.5. The first-order valence-electron chi connectivity index (χ1n) is 4.62. The van der Waals surface area contributed by atoms with Crippen LogP contribution in [0.2, 0.25) is 0 Å². The van der Waals surface area contributed by atoms with E-state index in [0.717, 1.165) is 0 Å². The molecule has 1 fully saturated rings. The van der Waals surface area contributed by atoms with Gasteiger partial charge in [0.15, 0.2) is 15.6 Å². The third kappa shape index (κ3) is 2.38. The summed E-state index contributed by atoms with van der Waals surface area (Å²) in [6, 6.07) is 2.87. The van der Waals surface area contributed by atoms with Gasteiger partial charge < -0.3 is 9.73 Å². The minimum absolute atomic E-state index is 0.0272. The Morgan fingerprint density at radius 2 is 2.33 bits per heavy atom. The fourth-order valence-electron chi connectivity index (χ4n) is 1.57. The SMILES string of the molecule is O=C(NC1CCS(=O)(=O)C1)c1ccco1. The molecule has 0 bridgehead atoms. The van der Waals surface area contributed by atoms with Gasteiger partial charge in [-0.3, -0.25) is 4.79 Å². The fourth-order valence-corrected chi connectivity index (χ4v) is 3.25. The Bertz CT molecular complexity index is 448. The molecule has 2 rings (SSSR count). The molecule has 0 radical (unpaired) electrons. The predicted octanol–water partition coefficient (Wildman–Crippen LogP) is 0.196. The highest BCUT2D eigenvalue weighted by molar-refractivity contribution is 7.91. The Morgan fingerprint density at radius 3 is 2.87 bits per heavy atom. The highest BCUT2D eigenvalue weighted by atomic mass is 32.2. The first kappa shape index (κ1) is 10.2. The van der Waals surface area contributed by atoms with E-state index in [9.17, 15) is 13.2 Å². The molecule has 1 aliphatic rings. The van der Waals surface area contributed by atoms with Gasteiger partial charge >= 0.3 is 0 Å². The molecule has 0 aliphatic carbocycles. The van der Waals surface area contributed by atoms with Crippen molar-refractivity contribution in [2.75, 3.05) is 11.5 Å². The molecule has 1 aliphatic heterocycles. The number of furan rings is 1. The lowest BCUT2D eigenvalue weighted by atomic mass is 10.2. The molecule has 82 valence electrons. The molecule has 15 heavy (non-hydrogen) atoms. The molecule has 1 amide bonds. The van der Waals surface area contributed by atoms with E-state index >= 15 is 0 Å². The van der Waals surface area contributed by atoms with Crippen molar-refractivity contribution in [3.05, 3.63) is 24.2 Å². The Kier molecular flexibility index (Phi) is 2.52. The first-order chi connectivity index (χ1) is 7.07. The van der Waals surface area contributed by atoms with Crippen molar-refractivity contribution >= 4 is 15.7 Å². The van der Waals surface area contributed by atoms with Crippen molar-refractivity contribution < 1.29 is 17.6 Å². The number of hydrogen-bond acceptors (Lipinski definition) is 4. The highest BCUT2D eigenvalue weighted by Crippen LogP contribution is 2.12. The van der Waals surface area contributed by atoms with Gasteiger partial charge in [-0.1, -0.05) is 0 Å². The molecular weight excluding hydrogens is 218 g/mol. The van der Waals surface area contributed by atoms with E-state index in [4.69, 9.17) is 4.42 Å². The van der Waals surface area contributed by atoms with Crippen LogP contribution in [0.15, 0.2) is 22.8 Å². The van der Waals surface area contributed by atoms with Crippen molar-refractivity contribution in [3.63, 3.8) is 0 Å². The van der Waals surface area contributed by atoms with Crippen LogP contribution in [-0.4, -0.2) is 31.9 Å². The molecule has 1 aromatic rings. The van der Waals surface area contributed by atoms with Crippen molar-refractivity contribution in [2.45, 2.75) is 12.5 Å². The van der Waals surface area contributed by atoms with Gasteiger partial charge in [0, 0.05) is 6.04 Å². The number of carbonyl (C=O) groups excluding carboxylic acids is 1. The molecule has 0 aromatic carbocycles. The van der Waals surface area contributed by atoms with E-state index in [1.807, 2.05) is 0 Å². The molecule has 6 heteroatoms. The molecule has 0 saturated carbocycles. The summed E-state index contributed by atoms with van der Waals surface area (Å²) in [5.41, 5.74) is 0. The summed E-state index contributed by atoms with van der Waals surface area (Å²) in [5.74, 6) is 0.0247. The lowest BCUT2D eigenvalue weighted by Crippen LogP contribution is -2.35. The van der Waals surface area contributed by atoms with Crippen LogP contribution < -0.4 is 5.32 Å². The number of amides is 1. The number of sulfone groups is 1. The summed E-state index contributed by atoms with van der Waals surface area (Å²) >= 11 is 0. The zero-order valence-electron chi connectivity index (χ0n) is 7.97. The number of hydrogen-bond donors (Lipinski definition) is 1. The molecule has 2 heterocycles. The maximum Gasteiger partial charge on any atom is 0.287 e. The predicted molar refractivity (Wildman–Crippen MR) is 53.2 cm³/mol. The number of carbonyl (C=O) groups is 1. The lowest BCUT2D eigenvalue weighted by Gasteiger charge is -2.08. The summed E-state index contributed by atoms with van der Waals surface area (Å²) in [5, 5.41) is 2.63. The van der Waals surface area contributed by atoms with Crippen molar-refractivity contribution in [1.29, 1.82) is 0 Å². The van der Waals surface area contributed by atoms with Crippen LogP contribution >= 0.6 is 0 Å². The van der Waals surface area contributed by atoms with Crippen LogP contribution in [0, 0.1) is 0 Å². The number of rotatable bonds is 2. The lowest BCUT2D eigenvalue weighted by molar-refractivity contribution is 0.0913. The topological polar surface area (TPSA) is 76.4 Å². The molecule has 1 N–H and O–H groups in total. The van der Waals surface area contributed by atoms with Crippen LogP contribution in [0.5, 0.6) is 0 Å². The summed E-state index contributed by atoms with van der Waals surface area (Å²) in [7, 11) is -2.96. The summed E-state index contributed by atoms with van der Waals surface area (Å²) in [6.45, 7) is 0. The molecule has 0 spiro atoms. The summed E-state index contributed by atoms with van der Waals surface area (Å²) in [6.07, 6.45) is 1.88. The Morgan fingerprint density at radius 1 is 1.53 bits per heavy atom. The Balaban J connectivity index is 1.97. The second-order valence-corrected chi connectivity index (χ2v) is 5.78. The maximum atomic E-state index is 11.5. The zero-order chi connectivity index (χ0) is 10.9. The smallest absolute Gasteiger partial charge is 0.287 e. The summed E-state index contributed by atoms with van der Waals surface area (Å²) < 4.78 is 27.2. The molecule has 1 unspecified atom stereocenters. The van der Waals surface area contributed by atoms with E-state index in [1.165, 1.54) is 6.26 Å². The molecule has 1 saturated heterocycles. The molecular formula is C9H11NO4S. The van der Waals surface area contributed by atoms with Crippen LogP contribution in [0.3, 0.4) is 0 Å². The fraction of sp³-hybridized carbons (Fsp3) is 0.444. The van der Waals surface area contributed by atoms with E-state index < -0.39 is 9.84 Å². The Hall–Kier alpha value is -1.30. The highest BCUT2D eigenvalue weighted by Gasteiger charge is 2.29. The van der Waals surface area contributed by atoms with Crippen LogP contribution in [0.4, 0.5) is 0 Å². The van der Waals surface area contributed by atoms with Crippen LogP contribution in [-0.2, 0) is 9.84 Å².